The number of nitrogens with one attached hydrogen (secondary N) is 1. The molecule has 1 atom stereocenters. The minimum Gasteiger partial charge on any atom is -0.452 e. The molecule has 2 aromatic carbocycles. The molecular formula is C21H18ClFN2O4. The Morgan fingerprint density at radius 3 is 2.62 bits per heavy atom. The molecule has 0 unspecified atom stereocenters. The van der Waals surface area contributed by atoms with Crippen LogP contribution in [0.3, 0.4) is 0 Å². The summed E-state index contributed by atoms with van der Waals surface area (Å²) in [6, 6.07) is 13.2. The van der Waals surface area contributed by atoms with Crippen LogP contribution in [-0.2, 0) is 9.53 Å². The smallest absolute Gasteiger partial charge is 0.344 e. The van der Waals surface area contributed by atoms with Crippen LogP contribution in [0.4, 0.5) is 4.39 Å². The van der Waals surface area contributed by atoms with Gasteiger partial charge in [0.25, 0.3) is 5.91 Å². The maximum atomic E-state index is 14.2. The second kappa shape index (κ2) is 8.87. The highest BCUT2D eigenvalue weighted by Crippen LogP contribution is 2.33. The fraction of sp³-hybridized carbons (Fsp3) is 0.190. The molecule has 0 radical (unpaired) electrons. The third kappa shape index (κ3) is 4.63. The Morgan fingerprint density at radius 2 is 1.93 bits per heavy atom. The number of hydrogen-bond donors (Lipinski definition) is 1. The highest BCUT2D eigenvalue weighted by Gasteiger charge is 2.27. The van der Waals surface area contributed by atoms with E-state index in [0.29, 0.717) is 0 Å². The summed E-state index contributed by atoms with van der Waals surface area (Å²) >= 11 is 6.06. The second-order valence-electron chi connectivity index (χ2n) is 6.34. The van der Waals surface area contributed by atoms with Crippen LogP contribution < -0.4 is 5.32 Å². The third-order valence-electron chi connectivity index (χ3n) is 4.28. The largest absolute Gasteiger partial charge is 0.452 e. The monoisotopic (exact) mass is 416 g/mol. The maximum absolute atomic E-state index is 14.2. The van der Waals surface area contributed by atoms with Crippen LogP contribution in [0.15, 0.2) is 53.1 Å². The fourth-order valence-electron chi connectivity index (χ4n) is 2.82. The average molecular weight is 417 g/mol. The Bertz CT molecular complexity index is 1020. The molecule has 0 aliphatic heterocycles. The zero-order valence-corrected chi connectivity index (χ0v) is 16.5. The van der Waals surface area contributed by atoms with Crippen molar-refractivity contribution in [1.82, 2.24) is 10.5 Å². The first-order valence-electron chi connectivity index (χ1n) is 8.80. The van der Waals surface area contributed by atoms with Crippen LogP contribution in [0.5, 0.6) is 0 Å². The number of ether oxygens (including phenoxy) is 1. The van der Waals surface area contributed by atoms with E-state index in [9.17, 15) is 14.0 Å². The van der Waals surface area contributed by atoms with Crippen molar-refractivity contribution in [3.05, 3.63) is 76.3 Å². The molecule has 0 aliphatic rings. The van der Waals surface area contributed by atoms with E-state index in [1.807, 2.05) is 37.3 Å². The third-order valence-corrected chi connectivity index (χ3v) is 4.59. The Balaban J connectivity index is 1.70. The van der Waals surface area contributed by atoms with Crippen LogP contribution in [0.1, 0.15) is 34.6 Å². The van der Waals surface area contributed by atoms with Gasteiger partial charge in [-0.3, -0.25) is 4.79 Å². The van der Waals surface area contributed by atoms with Gasteiger partial charge in [-0.15, -0.1) is 0 Å². The summed E-state index contributed by atoms with van der Waals surface area (Å²) in [5, 5.41) is 6.55. The van der Waals surface area contributed by atoms with Crippen LogP contribution in [0.25, 0.3) is 11.3 Å². The van der Waals surface area contributed by atoms with E-state index in [4.69, 9.17) is 20.9 Å². The number of esters is 1. The zero-order chi connectivity index (χ0) is 21.0. The van der Waals surface area contributed by atoms with Gasteiger partial charge in [-0.1, -0.05) is 53.2 Å². The molecule has 8 heteroatoms. The molecular weight excluding hydrogens is 399 g/mol. The molecule has 0 spiro atoms. The van der Waals surface area contributed by atoms with E-state index in [-0.39, 0.29) is 33.6 Å². The van der Waals surface area contributed by atoms with E-state index in [0.717, 1.165) is 5.56 Å². The predicted octanol–water partition coefficient (Wildman–Crippen LogP) is 4.48. The van der Waals surface area contributed by atoms with Crippen molar-refractivity contribution in [3.63, 3.8) is 0 Å². The number of aromatic nitrogens is 1. The average Bonchev–Trinajstić information content (AvgIpc) is 3.08. The Kier molecular flexibility index (Phi) is 6.29. The lowest BCUT2D eigenvalue weighted by Gasteiger charge is -2.14. The lowest BCUT2D eigenvalue weighted by atomic mass is 10.1. The van der Waals surface area contributed by atoms with Gasteiger partial charge < -0.3 is 14.6 Å². The molecule has 0 bridgehead atoms. The lowest BCUT2D eigenvalue weighted by Crippen LogP contribution is -2.31. The fourth-order valence-corrected chi connectivity index (χ4v) is 3.07. The molecule has 3 rings (SSSR count). The van der Waals surface area contributed by atoms with Crippen molar-refractivity contribution in [1.29, 1.82) is 0 Å². The minimum atomic E-state index is -0.861. The molecule has 0 saturated carbocycles. The molecule has 29 heavy (non-hydrogen) atoms. The van der Waals surface area contributed by atoms with Crippen molar-refractivity contribution in [2.45, 2.75) is 19.9 Å². The molecule has 1 N–H and O–H groups in total. The van der Waals surface area contributed by atoms with Gasteiger partial charge in [-0.05, 0) is 31.5 Å². The highest BCUT2D eigenvalue weighted by atomic mass is 35.5. The summed E-state index contributed by atoms with van der Waals surface area (Å²) in [4.78, 5) is 24.7. The summed E-state index contributed by atoms with van der Waals surface area (Å²) in [7, 11) is 0. The van der Waals surface area contributed by atoms with Gasteiger partial charge in [-0.25, -0.2) is 9.18 Å². The van der Waals surface area contributed by atoms with Crippen molar-refractivity contribution >= 4 is 23.5 Å². The number of halogens is 2. The standard InChI is InChI=1S/C21H18ClFN2O4/c1-12(14-7-4-3-5-8-14)24-17(26)11-28-21(27)18-13(2)29-25-20(18)19-15(22)9-6-10-16(19)23/h3-10,12H,11H2,1-2H3,(H,24,26)/t12-/m1/s1. The number of nitrogens with zero attached hydrogens (tertiary/aromatic N) is 1. The van der Waals surface area contributed by atoms with Crippen LogP contribution in [0, 0.1) is 12.7 Å². The second-order valence-corrected chi connectivity index (χ2v) is 6.74. The summed E-state index contributed by atoms with van der Waals surface area (Å²) in [6.07, 6.45) is 0. The molecule has 0 fully saturated rings. The summed E-state index contributed by atoms with van der Waals surface area (Å²) < 4.78 is 24.4. The summed E-state index contributed by atoms with van der Waals surface area (Å²) in [5.74, 6) is -1.87. The van der Waals surface area contributed by atoms with Crippen LogP contribution in [-0.4, -0.2) is 23.6 Å². The topological polar surface area (TPSA) is 81.4 Å². The Labute approximate surface area is 171 Å². The van der Waals surface area contributed by atoms with E-state index >= 15 is 0 Å². The van der Waals surface area contributed by atoms with Gasteiger partial charge in [-0.2, -0.15) is 0 Å². The van der Waals surface area contributed by atoms with Gasteiger partial charge in [0.15, 0.2) is 6.61 Å². The first kappa shape index (κ1) is 20.5. The number of aryl methyl sites for hydroxylation is 1. The van der Waals surface area contributed by atoms with Gasteiger partial charge in [0.1, 0.15) is 22.8 Å². The van der Waals surface area contributed by atoms with Crippen LogP contribution >= 0.6 is 11.6 Å². The number of benzene rings is 2. The van der Waals surface area contributed by atoms with Gasteiger partial charge >= 0.3 is 5.97 Å². The first-order valence-corrected chi connectivity index (χ1v) is 9.18. The van der Waals surface area contributed by atoms with Crippen molar-refractivity contribution in [3.8, 4) is 11.3 Å². The van der Waals surface area contributed by atoms with E-state index in [1.165, 1.54) is 25.1 Å². The molecule has 0 saturated heterocycles. The number of amides is 1. The summed E-state index contributed by atoms with van der Waals surface area (Å²) in [6.45, 7) is 2.79. The van der Waals surface area contributed by atoms with Crippen molar-refractivity contribution < 1.29 is 23.2 Å². The van der Waals surface area contributed by atoms with E-state index in [2.05, 4.69) is 10.5 Å². The number of hydrogen-bond acceptors (Lipinski definition) is 5. The SMILES string of the molecule is Cc1onc(-c2c(F)cccc2Cl)c1C(=O)OCC(=O)N[C@H](C)c1ccccc1. The van der Waals surface area contributed by atoms with Gasteiger partial charge in [0, 0.05) is 0 Å². The Hall–Kier alpha value is -3.19. The number of carbonyl (C=O) groups is 2. The lowest BCUT2D eigenvalue weighted by molar-refractivity contribution is -0.124. The predicted molar refractivity (Wildman–Crippen MR) is 105 cm³/mol. The van der Waals surface area contributed by atoms with Crippen LogP contribution in [0.2, 0.25) is 5.02 Å². The number of rotatable bonds is 6. The molecule has 0 aliphatic carbocycles. The molecule has 3 aromatic rings. The maximum Gasteiger partial charge on any atom is 0.344 e. The summed E-state index contributed by atoms with van der Waals surface area (Å²) in [5.41, 5.74) is 0.688. The minimum absolute atomic E-state index is 0.0693. The quantitative estimate of drug-likeness (QED) is 0.599. The van der Waals surface area contributed by atoms with Crippen molar-refractivity contribution in [2.75, 3.05) is 6.61 Å². The van der Waals surface area contributed by atoms with Gasteiger partial charge in [0.2, 0.25) is 0 Å². The van der Waals surface area contributed by atoms with E-state index in [1.54, 1.807) is 0 Å². The highest BCUT2D eigenvalue weighted by molar-refractivity contribution is 6.33. The molecule has 1 aromatic heterocycles. The zero-order valence-electron chi connectivity index (χ0n) is 15.7. The van der Waals surface area contributed by atoms with Crippen molar-refractivity contribution in [2.24, 2.45) is 0 Å². The number of carbonyl (C=O) groups excluding carboxylic acids is 2. The molecule has 1 amide bonds. The first-order chi connectivity index (χ1) is 13.9. The molecule has 150 valence electrons. The van der Waals surface area contributed by atoms with E-state index < -0.39 is 24.3 Å². The molecule has 6 nitrogen and oxygen atoms in total. The Morgan fingerprint density at radius 1 is 1.21 bits per heavy atom. The molecule has 1 heterocycles. The normalized spacial score (nSPS) is 11.7. The van der Waals surface area contributed by atoms with Gasteiger partial charge in [0.05, 0.1) is 16.6 Å².